The number of aromatic nitrogens is 4. The highest BCUT2D eigenvalue weighted by molar-refractivity contribution is 5.70. The molecule has 3 unspecified atom stereocenters. The van der Waals surface area contributed by atoms with E-state index in [4.69, 9.17) is 9.84 Å². The van der Waals surface area contributed by atoms with E-state index in [1.54, 1.807) is 11.6 Å². The average molecular weight is 282 g/mol. The molecule has 1 aromatic heterocycles. The van der Waals surface area contributed by atoms with Crippen LogP contribution in [-0.2, 0) is 16.0 Å². The van der Waals surface area contributed by atoms with Crippen molar-refractivity contribution in [2.45, 2.75) is 58.1 Å². The summed E-state index contributed by atoms with van der Waals surface area (Å²) in [5, 5.41) is 20.7. The van der Waals surface area contributed by atoms with Crippen molar-refractivity contribution < 1.29 is 14.6 Å². The van der Waals surface area contributed by atoms with Crippen LogP contribution >= 0.6 is 0 Å². The highest BCUT2D eigenvalue weighted by Crippen LogP contribution is 2.20. The molecule has 0 aromatic carbocycles. The van der Waals surface area contributed by atoms with E-state index in [1.165, 1.54) is 6.42 Å². The lowest BCUT2D eigenvalue weighted by molar-refractivity contribution is -0.142. The minimum atomic E-state index is -0.838. The maximum absolute atomic E-state index is 11.1. The molecular weight excluding hydrogens is 260 g/mol. The molecule has 1 aliphatic rings. The molecule has 20 heavy (non-hydrogen) atoms. The van der Waals surface area contributed by atoms with Gasteiger partial charge >= 0.3 is 5.97 Å². The lowest BCUT2D eigenvalue weighted by Crippen LogP contribution is -2.25. The van der Waals surface area contributed by atoms with Crippen molar-refractivity contribution in [3.8, 4) is 0 Å². The molecule has 0 radical (unpaired) electrons. The molecule has 112 valence electrons. The zero-order valence-corrected chi connectivity index (χ0v) is 12.0. The Morgan fingerprint density at radius 3 is 2.95 bits per heavy atom. The number of nitrogens with zero attached hydrogens (tertiary/aromatic N) is 4. The van der Waals surface area contributed by atoms with E-state index in [0.717, 1.165) is 31.7 Å². The molecule has 1 fully saturated rings. The van der Waals surface area contributed by atoms with Gasteiger partial charge in [0.25, 0.3) is 0 Å². The van der Waals surface area contributed by atoms with Gasteiger partial charge in [0.05, 0.1) is 18.1 Å². The van der Waals surface area contributed by atoms with Gasteiger partial charge in [-0.25, -0.2) is 4.68 Å². The number of rotatable bonds is 6. The van der Waals surface area contributed by atoms with Crippen LogP contribution in [0.5, 0.6) is 0 Å². The van der Waals surface area contributed by atoms with Crippen molar-refractivity contribution in [3.05, 3.63) is 5.82 Å². The van der Waals surface area contributed by atoms with Gasteiger partial charge in [-0.2, -0.15) is 0 Å². The molecule has 0 amide bonds. The van der Waals surface area contributed by atoms with Crippen LogP contribution in [0.15, 0.2) is 0 Å². The van der Waals surface area contributed by atoms with Crippen LogP contribution in [0, 0.1) is 5.92 Å². The molecule has 7 nitrogen and oxygen atoms in total. The summed E-state index contributed by atoms with van der Waals surface area (Å²) in [6, 6.07) is -0.259. The second-order valence-electron chi connectivity index (χ2n) is 5.43. The molecule has 1 aliphatic heterocycles. The summed E-state index contributed by atoms with van der Waals surface area (Å²) < 4.78 is 7.32. The van der Waals surface area contributed by atoms with Crippen molar-refractivity contribution in [2.24, 2.45) is 5.92 Å². The Bertz CT molecular complexity index is 443. The Kier molecular flexibility index (Phi) is 5.05. The molecule has 0 saturated carbocycles. The molecular formula is C13H22N4O3. The summed E-state index contributed by atoms with van der Waals surface area (Å²) in [6.45, 7) is 4.33. The first-order chi connectivity index (χ1) is 9.59. The van der Waals surface area contributed by atoms with Crippen LogP contribution in [-0.4, -0.2) is 44.0 Å². The van der Waals surface area contributed by atoms with Gasteiger partial charge in [0.2, 0.25) is 0 Å². The number of hydrogen-bond acceptors (Lipinski definition) is 5. The lowest BCUT2D eigenvalue weighted by atomic mass is 10.0. The molecule has 7 heteroatoms. The Labute approximate surface area is 118 Å². The highest BCUT2D eigenvalue weighted by Gasteiger charge is 2.25. The molecule has 1 saturated heterocycles. The van der Waals surface area contributed by atoms with Crippen LogP contribution in [0.25, 0.3) is 0 Å². The number of carboxylic acids is 1. The Hall–Kier alpha value is -1.50. The van der Waals surface area contributed by atoms with Gasteiger partial charge in [-0.05, 0) is 50.0 Å². The Balaban J connectivity index is 1.95. The van der Waals surface area contributed by atoms with E-state index in [9.17, 15) is 4.79 Å². The van der Waals surface area contributed by atoms with Gasteiger partial charge in [-0.1, -0.05) is 0 Å². The number of tetrazole rings is 1. The van der Waals surface area contributed by atoms with E-state index in [1.807, 2.05) is 6.92 Å². The third-order valence-electron chi connectivity index (χ3n) is 4.02. The zero-order chi connectivity index (χ0) is 14.5. The van der Waals surface area contributed by atoms with Crippen LogP contribution < -0.4 is 0 Å². The summed E-state index contributed by atoms with van der Waals surface area (Å²) >= 11 is 0. The number of aliphatic carboxylic acids is 1. The van der Waals surface area contributed by atoms with Crippen LogP contribution in [0.2, 0.25) is 0 Å². The van der Waals surface area contributed by atoms with Crippen molar-refractivity contribution in [2.75, 3.05) is 6.61 Å². The van der Waals surface area contributed by atoms with E-state index < -0.39 is 11.9 Å². The quantitative estimate of drug-likeness (QED) is 0.849. The molecule has 2 rings (SSSR count). The van der Waals surface area contributed by atoms with Crippen molar-refractivity contribution >= 4 is 5.97 Å². The van der Waals surface area contributed by atoms with Crippen LogP contribution in [0.4, 0.5) is 0 Å². The lowest BCUT2D eigenvalue weighted by Gasteiger charge is -2.22. The molecule has 2 heterocycles. The van der Waals surface area contributed by atoms with Crippen molar-refractivity contribution in [1.29, 1.82) is 0 Å². The first kappa shape index (κ1) is 14.9. The van der Waals surface area contributed by atoms with Gasteiger partial charge in [0, 0.05) is 13.0 Å². The van der Waals surface area contributed by atoms with Gasteiger partial charge in [-0.15, -0.1) is 5.10 Å². The second kappa shape index (κ2) is 6.78. The third kappa shape index (κ3) is 3.53. The predicted octanol–water partition coefficient (Wildman–Crippen LogP) is 1.46. The normalized spacial score (nSPS) is 22.4. The fraction of sp³-hybridized carbons (Fsp3) is 0.846. The zero-order valence-electron chi connectivity index (χ0n) is 12.0. The topological polar surface area (TPSA) is 90.1 Å². The maximum Gasteiger partial charge on any atom is 0.308 e. The summed E-state index contributed by atoms with van der Waals surface area (Å²) in [5.41, 5.74) is 0. The SMILES string of the molecule is CC(C(=O)O)C(C)n1nnnc1CCC1CCCCO1. The molecule has 0 spiro atoms. The number of carboxylic acid groups (broad SMARTS) is 1. The van der Waals surface area contributed by atoms with E-state index in [2.05, 4.69) is 15.5 Å². The van der Waals surface area contributed by atoms with Crippen LogP contribution in [0.1, 0.15) is 51.4 Å². The minimum Gasteiger partial charge on any atom is -0.481 e. The summed E-state index contributed by atoms with van der Waals surface area (Å²) in [6.07, 6.45) is 5.32. The Morgan fingerprint density at radius 1 is 1.50 bits per heavy atom. The number of aryl methyl sites for hydroxylation is 1. The van der Waals surface area contributed by atoms with Crippen molar-refractivity contribution in [3.63, 3.8) is 0 Å². The standard InChI is InChI=1S/C13H22N4O3/c1-9(13(18)19)10(2)17-12(14-15-16-17)7-6-11-5-3-4-8-20-11/h9-11H,3-8H2,1-2H3,(H,18,19). The first-order valence-corrected chi connectivity index (χ1v) is 7.20. The summed E-state index contributed by atoms with van der Waals surface area (Å²) in [5.74, 6) is -0.627. The number of hydrogen-bond donors (Lipinski definition) is 1. The fourth-order valence-electron chi connectivity index (χ4n) is 2.44. The van der Waals surface area contributed by atoms with E-state index >= 15 is 0 Å². The summed E-state index contributed by atoms with van der Waals surface area (Å²) in [7, 11) is 0. The van der Waals surface area contributed by atoms with Crippen molar-refractivity contribution in [1.82, 2.24) is 20.2 Å². The molecule has 0 aliphatic carbocycles. The maximum atomic E-state index is 11.1. The van der Waals surface area contributed by atoms with Gasteiger partial charge in [0.1, 0.15) is 0 Å². The molecule has 3 atom stereocenters. The number of ether oxygens (including phenoxy) is 1. The van der Waals surface area contributed by atoms with Gasteiger partial charge < -0.3 is 9.84 Å². The average Bonchev–Trinajstić information content (AvgIpc) is 2.93. The monoisotopic (exact) mass is 282 g/mol. The highest BCUT2D eigenvalue weighted by atomic mass is 16.5. The molecule has 0 bridgehead atoms. The van der Waals surface area contributed by atoms with Gasteiger partial charge in [0.15, 0.2) is 5.82 Å². The molecule has 1 aromatic rings. The van der Waals surface area contributed by atoms with E-state index in [-0.39, 0.29) is 12.1 Å². The predicted molar refractivity (Wildman–Crippen MR) is 71.2 cm³/mol. The van der Waals surface area contributed by atoms with E-state index in [0.29, 0.717) is 6.42 Å². The van der Waals surface area contributed by atoms with Gasteiger partial charge in [-0.3, -0.25) is 4.79 Å². The minimum absolute atomic E-state index is 0.259. The smallest absolute Gasteiger partial charge is 0.308 e. The molecule has 1 N–H and O–H groups in total. The van der Waals surface area contributed by atoms with Crippen LogP contribution in [0.3, 0.4) is 0 Å². The second-order valence-corrected chi connectivity index (χ2v) is 5.43. The first-order valence-electron chi connectivity index (χ1n) is 7.20. The Morgan fingerprint density at radius 2 is 2.30 bits per heavy atom. The summed E-state index contributed by atoms with van der Waals surface area (Å²) in [4.78, 5) is 11.1. The fourth-order valence-corrected chi connectivity index (χ4v) is 2.44. The number of carbonyl (C=O) groups is 1. The third-order valence-corrected chi connectivity index (χ3v) is 4.02. The largest absolute Gasteiger partial charge is 0.481 e.